The lowest BCUT2D eigenvalue weighted by atomic mass is 10.1. The molecule has 1 amide bonds. The van der Waals surface area contributed by atoms with E-state index in [9.17, 15) is 4.79 Å². The van der Waals surface area contributed by atoms with Gasteiger partial charge in [-0.15, -0.1) is 0 Å². The molecule has 0 saturated carbocycles. The Morgan fingerprint density at radius 3 is 2.67 bits per heavy atom. The van der Waals surface area contributed by atoms with Crippen molar-refractivity contribution >= 4 is 12.1 Å². The van der Waals surface area contributed by atoms with Crippen molar-refractivity contribution in [2.24, 2.45) is 5.10 Å². The standard InChI is InChI=1S/C16H18N2O3/c1-3-20-14-8-5-13(6-9-14)10-16(19)18-17-11-15-7-4-12(2)21-15/h4-9,11H,3,10H2,1-2H3,(H,18,19)/b17-11-. The number of nitrogens with one attached hydrogen (secondary N) is 1. The van der Waals surface area contributed by atoms with Gasteiger partial charge in [-0.05, 0) is 43.7 Å². The summed E-state index contributed by atoms with van der Waals surface area (Å²) in [4.78, 5) is 11.7. The summed E-state index contributed by atoms with van der Waals surface area (Å²) in [7, 11) is 0. The predicted octanol–water partition coefficient (Wildman–Crippen LogP) is 2.68. The molecule has 0 aliphatic heterocycles. The van der Waals surface area contributed by atoms with Gasteiger partial charge >= 0.3 is 0 Å². The van der Waals surface area contributed by atoms with Crippen LogP contribution < -0.4 is 10.2 Å². The number of hydrogen-bond acceptors (Lipinski definition) is 4. The topological polar surface area (TPSA) is 63.8 Å². The van der Waals surface area contributed by atoms with Crippen LogP contribution in [-0.4, -0.2) is 18.7 Å². The summed E-state index contributed by atoms with van der Waals surface area (Å²) in [5, 5.41) is 3.86. The SMILES string of the molecule is CCOc1ccc(CC(=O)N/N=C\c2ccc(C)o2)cc1. The average molecular weight is 286 g/mol. The summed E-state index contributed by atoms with van der Waals surface area (Å²) in [5.74, 6) is 2.03. The number of nitrogens with zero attached hydrogens (tertiary/aromatic N) is 1. The molecule has 1 N–H and O–H groups in total. The molecule has 2 aromatic rings. The Morgan fingerprint density at radius 2 is 2.05 bits per heavy atom. The van der Waals surface area contributed by atoms with Gasteiger partial charge in [-0.1, -0.05) is 12.1 Å². The number of carbonyl (C=O) groups is 1. The van der Waals surface area contributed by atoms with Gasteiger partial charge in [0.05, 0.1) is 19.2 Å². The van der Waals surface area contributed by atoms with Gasteiger partial charge in [0.2, 0.25) is 5.91 Å². The van der Waals surface area contributed by atoms with Crippen LogP contribution in [0.3, 0.4) is 0 Å². The molecule has 1 aromatic carbocycles. The summed E-state index contributed by atoms with van der Waals surface area (Å²) in [6.45, 7) is 4.41. The number of hydrogen-bond donors (Lipinski definition) is 1. The average Bonchev–Trinajstić information content (AvgIpc) is 2.87. The fourth-order valence-corrected chi connectivity index (χ4v) is 1.79. The van der Waals surface area contributed by atoms with Gasteiger partial charge in [0.1, 0.15) is 17.3 Å². The number of benzene rings is 1. The Morgan fingerprint density at radius 1 is 1.29 bits per heavy atom. The molecule has 0 aliphatic carbocycles. The predicted molar refractivity (Wildman–Crippen MR) is 80.5 cm³/mol. The Kier molecular flexibility index (Phi) is 5.15. The third kappa shape index (κ3) is 4.80. The molecular formula is C16H18N2O3. The van der Waals surface area contributed by atoms with E-state index in [2.05, 4.69) is 10.5 Å². The third-order valence-corrected chi connectivity index (χ3v) is 2.74. The van der Waals surface area contributed by atoms with E-state index in [1.807, 2.05) is 44.2 Å². The Balaban J connectivity index is 1.82. The highest BCUT2D eigenvalue weighted by atomic mass is 16.5. The zero-order chi connectivity index (χ0) is 15.1. The van der Waals surface area contributed by atoms with Crippen LogP contribution in [0, 0.1) is 6.92 Å². The molecule has 0 aliphatic rings. The lowest BCUT2D eigenvalue weighted by Gasteiger charge is -2.04. The third-order valence-electron chi connectivity index (χ3n) is 2.74. The van der Waals surface area contributed by atoms with Crippen LogP contribution >= 0.6 is 0 Å². The van der Waals surface area contributed by atoms with Gasteiger partial charge in [-0.2, -0.15) is 5.10 Å². The Bertz CT molecular complexity index is 615. The highest BCUT2D eigenvalue weighted by molar-refractivity contribution is 5.81. The van der Waals surface area contributed by atoms with Crippen molar-refractivity contribution < 1.29 is 13.9 Å². The highest BCUT2D eigenvalue weighted by Gasteiger charge is 2.02. The van der Waals surface area contributed by atoms with Crippen LogP contribution in [0.5, 0.6) is 5.75 Å². The second-order valence-electron chi connectivity index (χ2n) is 4.50. The summed E-state index contributed by atoms with van der Waals surface area (Å²) in [6.07, 6.45) is 1.74. The molecular weight excluding hydrogens is 268 g/mol. The summed E-state index contributed by atoms with van der Waals surface area (Å²) in [5.41, 5.74) is 3.37. The van der Waals surface area contributed by atoms with Crippen LogP contribution in [0.2, 0.25) is 0 Å². The first-order valence-electron chi connectivity index (χ1n) is 6.77. The number of amides is 1. The number of aryl methyl sites for hydroxylation is 1. The van der Waals surface area contributed by atoms with Crippen LogP contribution in [0.1, 0.15) is 24.0 Å². The number of carbonyl (C=O) groups excluding carboxylic acids is 1. The zero-order valence-corrected chi connectivity index (χ0v) is 12.1. The minimum Gasteiger partial charge on any atom is -0.494 e. The van der Waals surface area contributed by atoms with E-state index in [0.717, 1.165) is 17.1 Å². The Hall–Kier alpha value is -2.56. The zero-order valence-electron chi connectivity index (χ0n) is 12.1. The largest absolute Gasteiger partial charge is 0.494 e. The minimum absolute atomic E-state index is 0.182. The van der Waals surface area contributed by atoms with Crippen molar-refractivity contribution in [1.82, 2.24) is 5.43 Å². The molecule has 5 nitrogen and oxygen atoms in total. The van der Waals surface area contributed by atoms with E-state index in [-0.39, 0.29) is 12.3 Å². The molecule has 0 fully saturated rings. The molecule has 21 heavy (non-hydrogen) atoms. The van der Waals surface area contributed by atoms with Crippen molar-refractivity contribution in [2.45, 2.75) is 20.3 Å². The van der Waals surface area contributed by atoms with Crippen LogP contribution in [0.25, 0.3) is 0 Å². The molecule has 0 atom stereocenters. The summed E-state index contributed by atoms with van der Waals surface area (Å²) >= 11 is 0. The minimum atomic E-state index is -0.182. The van der Waals surface area contributed by atoms with Crippen molar-refractivity contribution in [3.05, 3.63) is 53.5 Å². The second-order valence-corrected chi connectivity index (χ2v) is 4.50. The monoisotopic (exact) mass is 286 g/mol. The second kappa shape index (κ2) is 7.28. The van der Waals surface area contributed by atoms with Gasteiger partial charge < -0.3 is 9.15 Å². The van der Waals surface area contributed by atoms with E-state index < -0.39 is 0 Å². The molecule has 0 saturated heterocycles. The van der Waals surface area contributed by atoms with E-state index in [1.54, 1.807) is 6.07 Å². The molecule has 0 spiro atoms. The van der Waals surface area contributed by atoms with E-state index in [0.29, 0.717) is 12.4 Å². The van der Waals surface area contributed by atoms with Gasteiger partial charge in [0.25, 0.3) is 0 Å². The molecule has 0 radical (unpaired) electrons. The first-order chi connectivity index (χ1) is 10.2. The maximum atomic E-state index is 11.7. The van der Waals surface area contributed by atoms with Gasteiger partial charge in [-0.3, -0.25) is 4.79 Å². The van der Waals surface area contributed by atoms with Gasteiger partial charge in [-0.25, -0.2) is 5.43 Å². The first kappa shape index (κ1) is 14.8. The normalized spacial score (nSPS) is 10.8. The molecule has 0 unspecified atom stereocenters. The van der Waals surface area contributed by atoms with E-state index in [4.69, 9.17) is 9.15 Å². The maximum absolute atomic E-state index is 11.7. The molecule has 0 bridgehead atoms. The van der Waals surface area contributed by atoms with Gasteiger partial charge in [0.15, 0.2) is 0 Å². The lowest BCUT2D eigenvalue weighted by molar-refractivity contribution is -0.120. The number of furan rings is 1. The van der Waals surface area contributed by atoms with Crippen LogP contribution in [0.15, 0.2) is 45.9 Å². The summed E-state index contributed by atoms with van der Waals surface area (Å²) in [6, 6.07) is 11.1. The van der Waals surface area contributed by atoms with Crippen molar-refractivity contribution in [3.63, 3.8) is 0 Å². The quantitative estimate of drug-likeness (QED) is 0.656. The molecule has 1 heterocycles. The number of ether oxygens (including phenoxy) is 1. The van der Waals surface area contributed by atoms with Crippen LogP contribution in [-0.2, 0) is 11.2 Å². The van der Waals surface area contributed by atoms with Crippen molar-refractivity contribution in [1.29, 1.82) is 0 Å². The molecule has 110 valence electrons. The molecule has 5 heteroatoms. The van der Waals surface area contributed by atoms with Crippen molar-refractivity contribution in [2.75, 3.05) is 6.61 Å². The van der Waals surface area contributed by atoms with Gasteiger partial charge in [0, 0.05) is 0 Å². The highest BCUT2D eigenvalue weighted by Crippen LogP contribution is 2.12. The number of rotatable bonds is 6. The van der Waals surface area contributed by atoms with E-state index >= 15 is 0 Å². The smallest absolute Gasteiger partial charge is 0.244 e. The maximum Gasteiger partial charge on any atom is 0.244 e. The van der Waals surface area contributed by atoms with Crippen LogP contribution in [0.4, 0.5) is 0 Å². The molecule has 2 rings (SSSR count). The van der Waals surface area contributed by atoms with Crippen molar-refractivity contribution in [3.8, 4) is 5.75 Å². The van der Waals surface area contributed by atoms with E-state index in [1.165, 1.54) is 6.21 Å². The lowest BCUT2D eigenvalue weighted by Crippen LogP contribution is -2.19. The molecule has 1 aromatic heterocycles. The fourth-order valence-electron chi connectivity index (χ4n) is 1.79. The Labute approximate surface area is 123 Å². The number of hydrazone groups is 1. The first-order valence-corrected chi connectivity index (χ1v) is 6.77. The summed E-state index contributed by atoms with van der Waals surface area (Å²) < 4.78 is 10.7. The fraction of sp³-hybridized carbons (Fsp3) is 0.250.